The molecule has 168 valence electrons. The molecule has 9 heteroatoms. The average Bonchev–Trinajstić information content (AvgIpc) is 3.22. The van der Waals surface area contributed by atoms with Gasteiger partial charge in [-0.3, -0.25) is 10.1 Å². The van der Waals surface area contributed by atoms with E-state index in [1.165, 1.54) is 28.6 Å². The summed E-state index contributed by atoms with van der Waals surface area (Å²) in [6.07, 6.45) is 2.18. The van der Waals surface area contributed by atoms with Crippen molar-refractivity contribution < 1.29 is 17.6 Å². The van der Waals surface area contributed by atoms with Gasteiger partial charge in [-0.1, -0.05) is 41.9 Å². The standard InChI is InChI=1S/C23H26N4O4S/c1-16-3-5-18(6-4-16)15-21-25-26-23(31-21)24-22(28)19-7-9-20(10-8-19)32(29,30)27-13-11-17(2)12-14-27/h3-10,17H,11-15H2,1-2H3,(H,24,26,28). The molecule has 0 radical (unpaired) electrons. The first-order valence-electron chi connectivity index (χ1n) is 10.6. The summed E-state index contributed by atoms with van der Waals surface area (Å²) in [5.41, 5.74) is 2.49. The second-order valence-electron chi connectivity index (χ2n) is 8.23. The van der Waals surface area contributed by atoms with Gasteiger partial charge in [-0.15, -0.1) is 5.10 Å². The Morgan fingerprint density at radius 1 is 1.06 bits per heavy atom. The normalized spacial score (nSPS) is 15.6. The van der Waals surface area contributed by atoms with Crippen molar-refractivity contribution >= 4 is 21.9 Å². The van der Waals surface area contributed by atoms with Crippen LogP contribution < -0.4 is 5.32 Å². The summed E-state index contributed by atoms with van der Waals surface area (Å²) in [6.45, 7) is 5.19. The van der Waals surface area contributed by atoms with E-state index < -0.39 is 15.9 Å². The topological polar surface area (TPSA) is 105 Å². The highest BCUT2D eigenvalue weighted by Gasteiger charge is 2.28. The molecule has 3 aromatic rings. The number of carbonyl (C=O) groups is 1. The fraction of sp³-hybridized carbons (Fsp3) is 0.348. The fourth-order valence-electron chi connectivity index (χ4n) is 3.58. The summed E-state index contributed by atoms with van der Waals surface area (Å²) < 4.78 is 32.7. The molecule has 1 saturated heterocycles. The largest absolute Gasteiger partial charge is 0.407 e. The number of piperidine rings is 1. The molecule has 8 nitrogen and oxygen atoms in total. The quantitative estimate of drug-likeness (QED) is 0.610. The van der Waals surface area contributed by atoms with Crippen molar-refractivity contribution in [3.05, 3.63) is 71.1 Å². The van der Waals surface area contributed by atoms with Gasteiger partial charge in [0, 0.05) is 18.7 Å². The third kappa shape index (κ3) is 5.05. The lowest BCUT2D eigenvalue weighted by molar-refractivity contribution is 0.102. The van der Waals surface area contributed by atoms with Crippen LogP contribution in [-0.4, -0.2) is 41.9 Å². The predicted octanol–water partition coefficient (Wildman–Crippen LogP) is 3.64. The molecule has 0 saturated carbocycles. The molecular weight excluding hydrogens is 428 g/mol. The summed E-state index contributed by atoms with van der Waals surface area (Å²) in [7, 11) is -3.56. The average molecular weight is 455 g/mol. The fourth-order valence-corrected chi connectivity index (χ4v) is 5.05. The number of sulfonamides is 1. The van der Waals surface area contributed by atoms with Crippen LogP contribution in [0.2, 0.25) is 0 Å². The first-order valence-corrected chi connectivity index (χ1v) is 12.0. The molecule has 4 rings (SSSR count). The minimum absolute atomic E-state index is 0.00348. The van der Waals surface area contributed by atoms with E-state index in [1.54, 1.807) is 0 Å². The van der Waals surface area contributed by atoms with Crippen LogP contribution in [0.1, 0.15) is 47.1 Å². The predicted molar refractivity (Wildman–Crippen MR) is 120 cm³/mol. The number of rotatable bonds is 6. The molecule has 2 heterocycles. The van der Waals surface area contributed by atoms with E-state index in [-0.39, 0.29) is 10.9 Å². The Hall–Kier alpha value is -3.04. The molecule has 0 unspecified atom stereocenters. The lowest BCUT2D eigenvalue weighted by Gasteiger charge is -2.29. The van der Waals surface area contributed by atoms with Crippen LogP contribution in [0.5, 0.6) is 0 Å². The zero-order valence-electron chi connectivity index (χ0n) is 18.1. The second-order valence-corrected chi connectivity index (χ2v) is 10.2. The minimum Gasteiger partial charge on any atom is -0.407 e. The van der Waals surface area contributed by atoms with Gasteiger partial charge in [0.1, 0.15) is 0 Å². The van der Waals surface area contributed by atoms with Crippen molar-refractivity contribution in [2.75, 3.05) is 18.4 Å². The number of aryl methyl sites for hydroxylation is 1. The van der Waals surface area contributed by atoms with Gasteiger partial charge in [0.2, 0.25) is 15.9 Å². The van der Waals surface area contributed by atoms with E-state index in [9.17, 15) is 13.2 Å². The Bertz CT molecular complexity index is 1180. The van der Waals surface area contributed by atoms with E-state index >= 15 is 0 Å². The Balaban J connectivity index is 1.39. The third-order valence-electron chi connectivity index (χ3n) is 5.66. The highest BCUT2D eigenvalue weighted by molar-refractivity contribution is 7.89. The molecule has 1 aliphatic rings. The molecule has 1 aliphatic heterocycles. The molecule has 0 atom stereocenters. The Morgan fingerprint density at radius 2 is 1.72 bits per heavy atom. The highest BCUT2D eigenvalue weighted by Crippen LogP contribution is 2.24. The van der Waals surface area contributed by atoms with Crippen LogP contribution in [-0.2, 0) is 16.4 Å². The van der Waals surface area contributed by atoms with Crippen LogP contribution in [0, 0.1) is 12.8 Å². The van der Waals surface area contributed by atoms with E-state index in [1.807, 2.05) is 31.2 Å². The zero-order chi connectivity index (χ0) is 22.7. The highest BCUT2D eigenvalue weighted by atomic mass is 32.2. The Morgan fingerprint density at radius 3 is 2.38 bits per heavy atom. The molecular formula is C23H26N4O4S. The third-order valence-corrected chi connectivity index (χ3v) is 7.57. The Kier molecular flexibility index (Phi) is 6.38. The first kappa shape index (κ1) is 22.2. The van der Waals surface area contributed by atoms with E-state index in [2.05, 4.69) is 22.4 Å². The summed E-state index contributed by atoms with van der Waals surface area (Å²) in [6, 6.07) is 13.9. The smallest absolute Gasteiger partial charge is 0.322 e. The maximum Gasteiger partial charge on any atom is 0.322 e. The first-order chi connectivity index (χ1) is 15.3. The van der Waals surface area contributed by atoms with Gasteiger partial charge in [0.05, 0.1) is 11.3 Å². The second kappa shape index (κ2) is 9.22. The van der Waals surface area contributed by atoms with Gasteiger partial charge in [0.25, 0.3) is 5.91 Å². The van der Waals surface area contributed by atoms with Gasteiger partial charge in [-0.05, 0) is 55.5 Å². The van der Waals surface area contributed by atoms with Crippen molar-refractivity contribution in [3.63, 3.8) is 0 Å². The SMILES string of the molecule is Cc1ccc(Cc2nnc(NC(=O)c3ccc(S(=O)(=O)N4CCC(C)CC4)cc3)o2)cc1. The number of aromatic nitrogens is 2. The number of amides is 1. The minimum atomic E-state index is -3.56. The molecule has 0 aliphatic carbocycles. The molecule has 2 aromatic carbocycles. The van der Waals surface area contributed by atoms with Crippen LogP contribution in [0.15, 0.2) is 57.8 Å². The van der Waals surface area contributed by atoms with Crippen LogP contribution in [0.25, 0.3) is 0 Å². The number of hydrogen-bond acceptors (Lipinski definition) is 6. The number of nitrogens with one attached hydrogen (secondary N) is 1. The maximum absolute atomic E-state index is 12.8. The number of hydrogen-bond donors (Lipinski definition) is 1. The van der Waals surface area contributed by atoms with Gasteiger partial charge in [0.15, 0.2) is 0 Å². The summed E-state index contributed by atoms with van der Waals surface area (Å²) in [5, 5.41) is 10.4. The van der Waals surface area contributed by atoms with Crippen molar-refractivity contribution in [2.24, 2.45) is 5.92 Å². The molecule has 32 heavy (non-hydrogen) atoms. The Labute approximate surface area is 187 Å². The van der Waals surface area contributed by atoms with Crippen molar-refractivity contribution in [3.8, 4) is 0 Å². The number of anilines is 1. The molecule has 0 bridgehead atoms. The maximum atomic E-state index is 12.8. The van der Waals surface area contributed by atoms with Gasteiger partial charge in [-0.2, -0.15) is 4.31 Å². The van der Waals surface area contributed by atoms with E-state index in [0.29, 0.717) is 36.9 Å². The summed E-state index contributed by atoms with van der Waals surface area (Å²) in [4.78, 5) is 12.7. The van der Waals surface area contributed by atoms with Crippen LogP contribution in [0.3, 0.4) is 0 Å². The molecule has 1 N–H and O–H groups in total. The lowest BCUT2D eigenvalue weighted by Crippen LogP contribution is -2.37. The van der Waals surface area contributed by atoms with Gasteiger partial charge >= 0.3 is 6.01 Å². The van der Waals surface area contributed by atoms with Crippen LogP contribution in [0.4, 0.5) is 6.01 Å². The van der Waals surface area contributed by atoms with Crippen molar-refractivity contribution in [1.82, 2.24) is 14.5 Å². The molecule has 1 fully saturated rings. The van der Waals surface area contributed by atoms with E-state index in [0.717, 1.165) is 24.0 Å². The number of benzene rings is 2. The number of carbonyl (C=O) groups excluding carboxylic acids is 1. The van der Waals surface area contributed by atoms with E-state index in [4.69, 9.17) is 4.42 Å². The van der Waals surface area contributed by atoms with Crippen LogP contribution >= 0.6 is 0 Å². The summed E-state index contributed by atoms with van der Waals surface area (Å²) >= 11 is 0. The zero-order valence-corrected chi connectivity index (χ0v) is 18.9. The molecule has 1 amide bonds. The lowest BCUT2D eigenvalue weighted by atomic mass is 10.0. The molecule has 1 aromatic heterocycles. The van der Waals surface area contributed by atoms with Gasteiger partial charge in [-0.25, -0.2) is 8.42 Å². The van der Waals surface area contributed by atoms with Crippen molar-refractivity contribution in [2.45, 2.75) is 38.0 Å². The summed E-state index contributed by atoms with van der Waals surface area (Å²) in [5.74, 6) is 0.474. The van der Waals surface area contributed by atoms with Gasteiger partial charge < -0.3 is 4.42 Å². The molecule has 0 spiro atoms. The number of nitrogens with zero attached hydrogens (tertiary/aromatic N) is 3. The monoisotopic (exact) mass is 454 g/mol. The van der Waals surface area contributed by atoms with Crippen molar-refractivity contribution in [1.29, 1.82) is 0 Å².